The van der Waals surface area contributed by atoms with E-state index in [2.05, 4.69) is 4.85 Å². The molecule has 2 aromatic rings. The largest absolute Gasteiger partial charge is 0.352 e. The molecule has 0 radical (unpaired) electrons. The molecule has 0 aliphatic rings. The molecule has 0 saturated heterocycles. The topological polar surface area (TPSA) is 43.4 Å². The van der Waals surface area contributed by atoms with Crippen molar-refractivity contribution in [1.82, 2.24) is 4.57 Å². The van der Waals surface area contributed by atoms with Crippen LogP contribution in [-0.2, 0) is 16.9 Å². The van der Waals surface area contributed by atoms with Gasteiger partial charge in [-0.2, -0.15) is 0 Å². The predicted molar refractivity (Wildman–Crippen MR) is 78.4 cm³/mol. The van der Waals surface area contributed by atoms with Gasteiger partial charge in [-0.15, -0.1) is 0 Å². The maximum absolute atomic E-state index is 12.4. The second-order valence-electron chi connectivity index (χ2n) is 4.45. The minimum Gasteiger partial charge on any atom is -0.352 e. The molecule has 0 aliphatic heterocycles. The number of sulfone groups is 1. The summed E-state index contributed by atoms with van der Waals surface area (Å²) < 4.78 is 26.6. The molecule has 0 spiro atoms. The Morgan fingerprint density at radius 1 is 1.25 bits per heavy atom. The normalized spacial score (nSPS) is 12.2. The van der Waals surface area contributed by atoms with Crippen LogP contribution in [0.25, 0.3) is 10.9 Å². The van der Waals surface area contributed by atoms with Crippen LogP contribution >= 0.6 is 0 Å². The minimum atomic E-state index is -3.77. The fraction of sp³-hybridized carbons (Fsp3) is 0.133. The van der Waals surface area contributed by atoms with Gasteiger partial charge in [-0.1, -0.05) is 17.7 Å². The third-order valence-corrected chi connectivity index (χ3v) is 4.62. The van der Waals surface area contributed by atoms with Crippen LogP contribution in [0.4, 0.5) is 0 Å². The lowest BCUT2D eigenvalue weighted by atomic mass is 10.2. The summed E-state index contributed by atoms with van der Waals surface area (Å²) in [5.41, 5.74) is 1.64. The molecule has 0 saturated carbocycles. The highest BCUT2D eigenvalue weighted by molar-refractivity contribution is 7.95. The van der Waals surface area contributed by atoms with E-state index in [9.17, 15) is 8.42 Å². The Morgan fingerprint density at radius 3 is 2.40 bits per heavy atom. The summed E-state index contributed by atoms with van der Waals surface area (Å²) in [5.74, 6) is 0. The molecule has 0 bridgehead atoms. The van der Waals surface area contributed by atoms with Crippen LogP contribution < -0.4 is 0 Å². The van der Waals surface area contributed by atoms with Gasteiger partial charge in [-0.3, -0.25) is 0 Å². The van der Waals surface area contributed by atoms with Gasteiger partial charge < -0.3 is 4.57 Å². The molecule has 4 nitrogen and oxygen atoms in total. The van der Waals surface area contributed by atoms with Gasteiger partial charge in [0, 0.05) is 18.9 Å². The zero-order valence-electron chi connectivity index (χ0n) is 11.2. The highest BCUT2D eigenvalue weighted by Crippen LogP contribution is 2.23. The van der Waals surface area contributed by atoms with E-state index < -0.39 is 9.84 Å². The van der Waals surface area contributed by atoms with Crippen molar-refractivity contribution < 1.29 is 8.42 Å². The summed E-state index contributed by atoms with van der Waals surface area (Å²) in [6.45, 7) is 9.03. The quantitative estimate of drug-likeness (QED) is 0.814. The van der Waals surface area contributed by atoms with Crippen molar-refractivity contribution in [2.24, 2.45) is 7.05 Å². The number of rotatable bonds is 3. The average Bonchev–Trinajstić information content (AvgIpc) is 2.81. The van der Waals surface area contributed by atoms with Gasteiger partial charge in [-0.05, 0) is 37.3 Å². The number of hydrogen-bond donors (Lipinski definition) is 0. The number of benzene rings is 1. The zero-order chi connectivity index (χ0) is 14.8. The summed E-state index contributed by atoms with van der Waals surface area (Å²) in [6.07, 6.45) is 3.19. The van der Waals surface area contributed by atoms with Crippen molar-refractivity contribution in [3.05, 3.63) is 70.3 Å². The molecule has 1 aromatic heterocycles. The lowest BCUT2D eigenvalue weighted by molar-refractivity contribution is 0.603. The van der Waals surface area contributed by atoms with E-state index in [1.54, 1.807) is 42.1 Å². The first kappa shape index (κ1) is 14.1. The van der Waals surface area contributed by atoms with Crippen LogP contribution in [0.3, 0.4) is 0 Å². The first-order chi connectivity index (χ1) is 9.45. The molecule has 20 heavy (non-hydrogen) atoms. The van der Waals surface area contributed by atoms with Gasteiger partial charge in [-0.25, -0.2) is 13.3 Å². The minimum absolute atomic E-state index is 0.138. The van der Waals surface area contributed by atoms with Gasteiger partial charge >= 0.3 is 0 Å². The van der Waals surface area contributed by atoms with E-state index in [-0.39, 0.29) is 9.92 Å². The number of nitrogens with zero attached hydrogens (tertiary/aromatic N) is 2. The highest BCUT2D eigenvalue weighted by Gasteiger charge is 2.21. The molecular weight excluding hydrogens is 272 g/mol. The number of aryl methyl sites for hydroxylation is 2. The van der Waals surface area contributed by atoms with Crippen molar-refractivity contribution in [1.29, 1.82) is 0 Å². The molecule has 1 heterocycles. The van der Waals surface area contributed by atoms with Gasteiger partial charge in [0.25, 0.3) is 5.03 Å². The Balaban J connectivity index is 2.52. The second-order valence-corrected chi connectivity index (χ2v) is 6.35. The van der Waals surface area contributed by atoms with E-state index in [4.69, 9.17) is 6.57 Å². The summed E-state index contributed by atoms with van der Waals surface area (Å²) >= 11 is 0. The molecule has 0 aliphatic carbocycles. The standard InChI is InChI=1S/C15H14N2O2S/c1-12-6-8-14(9-7-12)20(18,19)15(16-2)11-13-5-4-10-17(13)3/h4-11H,1,3H3/b15-11+. The third-order valence-electron chi connectivity index (χ3n) is 2.97. The molecule has 102 valence electrons. The van der Waals surface area contributed by atoms with Crippen molar-refractivity contribution in [3.8, 4) is 0 Å². The average molecular weight is 286 g/mol. The molecule has 0 amide bonds. The highest BCUT2D eigenvalue weighted by atomic mass is 32.2. The zero-order valence-corrected chi connectivity index (χ0v) is 12.1. The molecule has 0 fully saturated rings. The van der Waals surface area contributed by atoms with Crippen LogP contribution in [0.5, 0.6) is 0 Å². The van der Waals surface area contributed by atoms with Crippen LogP contribution in [0.15, 0.2) is 52.5 Å². The van der Waals surface area contributed by atoms with E-state index in [1.165, 1.54) is 18.2 Å². The fourth-order valence-corrected chi connectivity index (χ4v) is 2.89. The summed E-state index contributed by atoms with van der Waals surface area (Å²) in [6, 6.07) is 10.0. The smallest absolute Gasteiger partial charge is 0.285 e. The van der Waals surface area contributed by atoms with Gasteiger partial charge in [0.2, 0.25) is 9.84 Å². The van der Waals surface area contributed by atoms with Crippen molar-refractivity contribution in [2.45, 2.75) is 11.8 Å². The molecule has 0 N–H and O–H groups in total. The van der Waals surface area contributed by atoms with Crippen molar-refractivity contribution in [3.63, 3.8) is 0 Å². The molecule has 0 atom stereocenters. The maximum Gasteiger partial charge on any atom is 0.285 e. The first-order valence-electron chi connectivity index (χ1n) is 5.97. The van der Waals surface area contributed by atoms with Gasteiger partial charge in [0.05, 0.1) is 11.5 Å². The predicted octanol–water partition coefficient (Wildman–Crippen LogP) is 3.03. The van der Waals surface area contributed by atoms with Crippen molar-refractivity contribution in [2.75, 3.05) is 0 Å². The lowest BCUT2D eigenvalue weighted by Gasteiger charge is -2.04. The molecule has 0 unspecified atom stereocenters. The van der Waals surface area contributed by atoms with Crippen LogP contribution in [-0.4, -0.2) is 13.0 Å². The maximum atomic E-state index is 12.4. The third kappa shape index (κ3) is 2.65. The molecular formula is C15H14N2O2S. The molecule has 2 rings (SSSR count). The summed E-state index contributed by atoms with van der Waals surface area (Å²) in [7, 11) is -1.97. The number of hydrogen-bond acceptors (Lipinski definition) is 2. The monoisotopic (exact) mass is 286 g/mol. The second kappa shape index (κ2) is 5.35. The lowest BCUT2D eigenvalue weighted by Crippen LogP contribution is -2.03. The summed E-state index contributed by atoms with van der Waals surface area (Å²) in [5, 5.41) is -0.275. The first-order valence-corrected chi connectivity index (χ1v) is 7.46. The Morgan fingerprint density at radius 2 is 1.90 bits per heavy atom. The van der Waals surface area contributed by atoms with E-state index in [0.717, 1.165) is 5.56 Å². The van der Waals surface area contributed by atoms with E-state index >= 15 is 0 Å². The number of aromatic nitrogens is 1. The Bertz CT molecular complexity index is 791. The Labute approximate surface area is 118 Å². The van der Waals surface area contributed by atoms with E-state index in [0.29, 0.717) is 5.69 Å². The SMILES string of the molecule is [C-]#[N+]/C(=C\c1cccn1C)S(=O)(=O)c1ccc(C)cc1. The summed E-state index contributed by atoms with van der Waals surface area (Å²) in [4.78, 5) is 3.32. The van der Waals surface area contributed by atoms with Crippen LogP contribution in [0.2, 0.25) is 0 Å². The van der Waals surface area contributed by atoms with E-state index in [1.807, 2.05) is 6.92 Å². The van der Waals surface area contributed by atoms with Gasteiger partial charge in [0.15, 0.2) is 0 Å². The van der Waals surface area contributed by atoms with Gasteiger partial charge in [0.1, 0.15) is 0 Å². The van der Waals surface area contributed by atoms with Crippen LogP contribution in [0.1, 0.15) is 11.3 Å². The van der Waals surface area contributed by atoms with Crippen LogP contribution in [0, 0.1) is 13.5 Å². The Hall–Kier alpha value is -2.32. The molecule has 1 aromatic carbocycles. The van der Waals surface area contributed by atoms with Crippen molar-refractivity contribution >= 4 is 15.9 Å². The fourth-order valence-electron chi connectivity index (χ4n) is 1.76. The molecule has 5 heteroatoms. The Kier molecular flexibility index (Phi) is 3.77.